The van der Waals surface area contributed by atoms with Gasteiger partial charge in [0.1, 0.15) is 0 Å². The number of carbonyl (C=O) groups is 3. The molecule has 2 aromatic carbocycles. The minimum atomic E-state index is -0.637. The molecule has 2 N–H and O–H groups in total. The molecule has 0 unspecified atom stereocenters. The number of imide groups is 1. The quantitative estimate of drug-likeness (QED) is 0.701. The van der Waals surface area contributed by atoms with Gasteiger partial charge >= 0.3 is 0 Å². The fourth-order valence-electron chi connectivity index (χ4n) is 3.45. The predicted molar refractivity (Wildman–Crippen MR) is 102 cm³/mol. The van der Waals surface area contributed by atoms with Crippen LogP contribution in [0, 0.1) is 5.92 Å². The van der Waals surface area contributed by atoms with E-state index in [0.717, 1.165) is 16.5 Å². The van der Waals surface area contributed by atoms with Crippen molar-refractivity contribution in [1.82, 2.24) is 9.88 Å². The van der Waals surface area contributed by atoms with Crippen molar-refractivity contribution in [1.29, 1.82) is 0 Å². The molecular weight excluding hydrogens is 342 g/mol. The average Bonchev–Trinajstić information content (AvgIpc) is 2.99. The van der Waals surface area contributed by atoms with Crippen molar-refractivity contribution in [2.45, 2.75) is 19.4 Å². The fourth-order valence-corrected chi connectivity index (χ4v) is 3.45. The zero-order chi connectivity index (χ0) is 18.8. The topological polar surface area (TPSA) is 80.2 Å². The maximum absolute atomic E-state index is 12.6. The summed E-state index contributed by atoms with van der Waals surface area (Å²) in [6, 6.07) is 17.9. The van der Waals surface area contributed by atoms with Crippen molar-refractivity contribution in [2.24, 2.45) is 5.92 Å². The van der Waals surface area contributed by atoms with Gasteiger partial charge in [-0.1, -0.05) is 48.5 Å². The van der Waals surface area contributed by atoms with E-state index < -0.39 is 17.7 Å². The van der Waals surface area contributed by atoms with Gasteiger partial charge in [-0.3, -0.25) is 19.7 Å². The highest BCUT2D eigenvalue weighted by molar-refractivity contribution is 6.07. The van der Waals surface area contributed by atoms with Crippen LogP contribution in [-0.2, 0) is 20.9 Å². The molecule has 1 aliphatic rings. The molecule has 0 atom stereocenters. The molecule has 1 saturated heterocycles. The number of hydrogen-bond acceptors (Lipinski definition) is 3. The zero-order valence-electron chi connectivity index (χ0n) is 14.6. The molecule has 136 valence electrons. The van der Waals surface area contributed by atoms with Crippen LogP contribution in [-0.4, -0.2) is 22.3 Å². The molecule has 3 aromatic rings. The lowest BCUT2D eigenvalue weighted by Gasteiger charge is -2.19. The molecule has 1 aliphatic heterocycles. The van der Waals surface area contributed by atoms with Crippen LogP contribution in [0.25, 0.3) is 10.9 Å². The maximum Gasteiger partial charge on any atom is 0.228 e. The van der Waals surface area contributed by atoms with Gasteiger partial charge < -0.3 is 9.88 Å². The third-order valence-electron chi connectivity index (χ3n) is 4.76. The van der Waals surface area contributed by atoms with E-state index in [-0.39, 0.29) is 18.7 Å². The van der Waals surface area contributed by atoms with Crippen LogP contribution in [0.15, 0.2) is 60.8 Å². The highest BCUT2D eigenvalue weighted by atomic mass is 16.2. The molecule has 6 nitrogen and oxygen atoms in total. The van der Waals surface area contributed by atoms with Gasteiger partial charge in [0.05, 0.1) is 17.1 Å². The van der Waals surface area contributed by atoms with Gasteiger partial charge in [-0.25, -0.2) is 0 Å². The Morgan fingerprint density at radius 2 is 1.67 bits per heavy atom. The van der Waals surface area contributed by atoms with Gasteiger partial charge in [-0.2, -0.15) is 0 Å². The van der Waals surface area contributed by atoms with Crippen LogP contribution in [0.1, 0.15) is 18.4 Å². The lowest BCUT2D eigenvalue weighted by Crippen LogP contribution is -2.42. The van der Waals surface area contributed by atoms with Crippen molar-refractivity contribution in [3.05, 3.63) is 66.4 Å². The average molecular weight is 361 g/mol. The number of piperidine rings is 1. The molecular formula is C21H19N3O3. The number of rotatable bonds is 4. The van der Waals surface area contributed by atoms with Crippen molar-refractivity contribution in [3.8, 4) is 0 Å². The second-order valence-corrected chi connectivity index (χ2v) is 6.74. The Labute approximate surface area is 156 Å². The minimum absolute atomic E-state index is 0.0280. The summed E-state index contributed by atoms with van der Waals surface area (Å²) in [5.41, 5.74) is 2.85. The first-order valence-corrected chi connectivity index (χ1v) is 8.85. The molecule has 1 fully saturated rings. The van der Waals surface area contributed by atoms with Crippen LogP contribution in [0.5, 0.6) is 0 Å². The van der Waals surface area contributed by atoms with Crippen molar-refractivity contribution < 1.29 is 14.4 Å². The van der Waals surface area contributed by atoms with Gasteiger partial charge in [0.25, 0.3) is 0 Å². The number of nitrogens with one attached hydrogen (secondary N) is 2. The summed E-state index contributed by atoms with van der Waals surface area (Å²) >= 11 is 0. The van der Waals surface area contributed by atoms with Crippen LogP contribution >= 0.6 is 0 Å². The lowest BCUT2D eigenvalue weighted by atomic mass is 9.96. The molecule has 3 amide bonds. The summed E-state index contributed by atoms with van der Waals surface area (Å²) in [5, 5.41) is 6.06. The molecule has 0 aliphatic carbocycles. The van der Waals surface area contributed by atoms with Gasteiger partial charge in [-0.05, 0) is 11.6 Å². The number of nitrogens with zero attached hydrogens (tertiary/aromatic N) is 1. The second kappa shape index (κ2) is 7.07. The smallest absolute Gasteiger partial charge is 0.228 e. The van der Waals surface area contributed by atoms with E-state index in [4.69, 9.17) is 0 Å². The number of para-hydroxylation sites is 1. The number of hydrogen-bond donors (Lipinski definition) is 2. The molecule has 0 spiro atoms. The summed E-state index contributed by atoms with van der Waals surface area (Å²) in [7, 11) is 0. The van der Waals surface area contributed by atoms with Gasteiger partial charge in [0.2, 0.25) is 17.7 Å². The molecule has 1 aromatic heterocycles. The fraction of sp³-hybridized carbons (Fsp3) is 0.190. The number of aromatic nitrogens is 1. The maximum atomic E-state index is 12.6. The Kier molecular flexibility index (Phi) is 4.46. The molecule has 6 heteroatoms. The number of amides is 3. The van der Waals surface area contributed by atoms with Gasteiger partial charge in [0, 0.05) is 31.0 Å². The number of carbonyl (C=O) groups excluding carboxylic acids is 3. The first kappa shape index (κ1) is 17.0. The third kappa shape index (κ3) is 3.60. The largest absolute Gasteiger partial charge is 0.341 e. The summed E-state index contributed by atoms with van der Waals surface area (Å²) in [6.07, 6.45) is 1.96. The number of benzene rings is 2. The molecule has 4 rings (SSSR count). The zero-order valence-corrected chi connectivity index (χ0v) is 14.6. The SMILES string of the molecule is O=C1CC(C(=O)Nc2cn(Cc3ccccc3)c3ccccc23)CC(=O)N1. The van der Waals surface area contributed by atoms with E-state index in [1.807, 2.05) is 48.7 Å². The van der Waals surface area contributed by atoms with E-state index in [1.54, 1.807) is 0 Å². The first-order chi connectivity index (χ1) is 13.1. The van der Waals surface area contributed by atoms with Crippen molar-refractivity contribution in [2.75, 3.05) is 5.32 Å². The monoisotopic (exact) mass is 361 g/mol. The summed E-state index contributed by atoms with van der Waals surface area (Å²) < 4.78 is 2.08. The lowest BCUT2D eigenvalue weighted by molar-refractivity contribution is -0.138. The number of anilines is 1. The predicted octanol–water partition coefficient (Wildman–Crippen LogP) is 2.68. The summed E-state index contributed by atoms with van der Waals surface area (Å²) in [5.74, 6) is -1.75. The molecule has 27 heavy (non-hydrogen) atoms. The molecule has 2 heterocycles. The first-order valence-electron chi connectivity index (χ1n) is 8.85. The second-order valence-electron chi connectivity index (χ2n) is 6.74. The van der Waals surface area contributed by atoms with Crippen LogP contribution < -0.4 is 10.6 Å². The summed E-state index contributed by atoms with van der Waals surface area (Å²) in [6.45, 7) is 0.682. The van der Waals surface area contributed by atoms with Crippen LogP contribution in [0.2, 0.25) is 0 Å². The molecule has 0 saturated carbocycles. The Morgan fingerprint density at radius 1 is 1.00 bits per heavy atom. The Morgan fingerprint density at radius 3 is 2.41 bits per heavy atom. The van der Waals surface area contributed by atoms with E-state index >= 15 is 0 Å². The van der Waals surface area contributed by atoms with Crippen LogP contribution in [0.4, 0.5) is 5.69 Å². The normalized spacial score (nSPS) is 15.0. The van der Waals surface area contributed by atoms with Crippen molar-refractivity contribution >= 4 is 34.3 Å². The standard InChI is InChI=1S/C21H19N3O3/c25-19-10-15(11-20(26)23-19)21(27)22-17-13-24(12-14-6-2-1-3-7-14)18-9-5-4-8-16(17)18/h1-9,13,15H,10-12H2,(H,22,27)(H,23,25,26). The third-order valence-corrected chi connectivity index (χ3v) is 4.76. The van der Waals surface area contributed by atoms with Crippen molar-refractivity contribution in [3.63, 3.8) is 0 Å². The van der Waals surface area contributed by atoms with Crippen LogP contribution in [0.3, 0.4) is 0 Å². The Balaban J connectivity index is 1.61. The Hall–Kier alpha value is -3.41. The highest BCUT2D eigenvalue weighted by Gasteiger charge is 2.30. The molecule has 0 bridgehead atoms. The minimum Gasteiger partial charge on any atom is -0.341 e. The Bertz CT molecular complexity index is 1010. The number of fused-ring (bicyclic) bond motifs is 1. The van der Waals surface area contributed by atoms with E-state index in [9.17, 15) is 14.4 Å². The van der Waals surface area contributed by atoms with E-state index in [1.165, 1.54) is 0 Å². The van der Waals surface area contributed by atoms with E-state index in [0.29, 0.717) is 12.2 Å². The molecule has 0 radical (unpaired) electrons. The van der Waals surface area contributed by atoms with Gasteiger partial charge in [0.15, 0.2) is 0 Å². The van der Waals surface area contributed by atoms with E-state index in [2.05, 4.69) is 27.3 Å². The van der Waals surface area contributed by atoms with Gasteiger partial charge in [-0.15, -0.1) is 0 Å². The summed E-state index contributed by atoms with van der Waals surface area (Å²) in [4.78, 5) is 35.7. The highest BCUT2D eigenvalue weighted by Crippen LogP contribution is 2.28.